The molecule has 0 aromatic rings. The van der Waals surface area contributed by atoms with Gasteiger partial charge in [0, 0.05) is 10.5 Å². The Bertz CT molecular complexity index is 342. The van der Waals surface area contributed by atoms with E-state index in [2.05, 4.69) is 17.9 Å². The molecule has 0 radical (unpaired) electrons. The summed E-state index contributed by atoms with van der Waals surface area (Å²) < 4.78 is -0.647. The third-order valence-electron chi connectivity index (χ3n) is 2.00. The Morgan fingerprint density at radius 1 is 1.56 bits per heavy atom. The molecule has 1 heterocycles. The second-order valence-corrected chi connectivity index (χ2v) is 6.25. The van der Waals surface area contributed by atoms with Crippen LogP contribution in [-0.2, 0) is 9.59 Å². The largest absolute Gasteiger partial charge is 0.480 e. The lowest BCUT2D eigenvalue weighted by Gasteiger charge is -2.21. The van der Waals surface area contributed by atoms with Crippen molar-refractivity contribution in [2.75, 3.05) is 5.75 Å². The van der Waals surface area contributed by atoms with Crippen molar-refractivity contribution in [2.45, 2.75) is 30.7 Å². The fourth-order valence-electron chi connectivity index (χ4n) is 0.820. The molecule has 1 aliphatic heterocycles. The van der Waals surface area contributed by atoms with E-state index < -0.39 is 28.8 Å². The van der Waals surface area contributed by atoms with Crippen LogP contribution in [0.3, 0.4) is 0 Å². The van der Waals surface area contributed by atoms with Gasteiger partial charge < -0.3 is 21.3 Å². The SMILES string of the molecule is CC(C)(S)[C@@H](N)C(=O)O.O=C1NC(C(=O)O)CS1. The number of thioether (sulfide) groups is 1. The zero-order chi connectivity index (χ0) is 14.5. The minimum absolute atomic E-state index is 0.248. The fourth-order valence-corrected chi connectivity index (χ4v) is 1.70. The van der Waals surface area contributed by atoms with Crippen LogP contribution in [0.1, 0.15) is 13.8 Å². The summed E-state index contributed by atoms with van der Waals surface area (Å²) in [4.78, 5) is 30.6. The van der Waals surface area contributed by atoms with E-state index in [1.54, 1.807) is 13.8 Å². The van der Waals surface area contributed by atoms with E-state index in [-0.39, 0.29) is 5.24 Å². The Balaban J connectivity index is 0.000000321. The van der Waals surface area contributed by atoms with Gasteiger partial charge >= 0.3 is 11.9 Å². The summed E-state index contributed by atoms with van der Waals surface area (Å²) in [6.45, 7) is 3.32. The van der Waals surface area contributed by atoms with E-state index >= 15 is 0 Å². The lowest BCUT2D eigenvalue weighted by atomic mass is 10.1. The van der Waals surface area contributed by atoms with Gasteiger partial charge in [-0.2, -0.15) is 12.6 Å². The molecule has 1 aliphatic rings. The first-order valence-corrected chi connectivity index (χ1v) is 6.36. The maximum Gasteiger partial charge on any atom is 0.327 e. The van der Waals surface area contributed by atoms with Crippen molar-refractivity contribution in [3.63, 3.8) is 0 Å². The minimum atomic E-state index is -1.02. The van der Waals surface area contributed by atoms with Crippen LogP contribution in [0, 0.1) is 0 Å². The van der Waals surface area contributed by atoms with Crippen molar-refractivity contribution in [2.24, 2.45) is 5.73 Å². The van der Waals surface area contributed by atoms with Gasteiger partial charge in [0.1, 0.15) is 12.1 Å². The normalized spacial score (nSPS) is 20.4. The number of carboxylic acids is 2. The number of nitrogens with one attached hydrogen (secondary N) is 1. The number of rotatable bonds is 3. The molecule has 9 heteroatoms. The first-order chi connectivity index (χ1) is 8.05. The number of hydrogen-bond donors (Lipinski definition) is 5. The summed E-state index contributed by atoms with van der Waals surface area (Å²) in [5, 5.41) is 18.7. The molecule has 0 aromatic carbocycles. The second-order valence-electron chi connectivity index (χ2n) is 4.10. The molecule has 0 spiro atoms. The van der Waals surface area contributed by atoms with E-state index in [9.17, 15) is 14.4 Å². The Morgan fingerprint density at radius 2 is 2.06 bits per heavy atom. The monoisotopic (exact) mass is 296 g/mol. The second kappa shape index (κ2) is 6.86. The van der Waals surface area contributed by atoms with Crippen LogP contribution < -0.4 is 11.1 Å². The highest BCUT2D eigenvalue weighted by Crippen LogP contribution is 2.15. The average Bonchev–Trinajstić information content (AvgIpc) is 2.63. The van der Waals surface area contributed by atoms with E-state index in [0.717, 1.165) is 11.8 Å². The topological polar surface area (TPSA) is 130 Å². The number of carbonyl (C=O) groups excluding carboxylic acids is 1. The molecular weight excluding hydrogens is 280 g/mol. The highest BCUT2D eigenvalue weighted by molar-refractivity contribution is 8.14. The van der Waals surface area contributed by atoms with Gasteiger partial charge in [-0.3, -0.25) is 9.59 Å². The Morgan fingerprint density at radius 3 is 2.17 bits per heavy atom. The summed E-state index contributed by atoms with van der Waals surface area (Å²) in [5.74, 6) is -1.64. The van der Waals surface area contributed by atoms with E-state index in [0.29, 0.717) is 5.75 Å². The average molecular weight is 296 g/mol. The van der Waals surface area contributed by atoms with E-state index in [1.807, 2.05) is 0 Å². The van der Waals surface area contributed by atoms with Crippen LogP contribution in [-0.4, -0.2) is 50.0 Å². The Kier molecular flexibility index (Phi) is 6.50. The third-order valence-corrected chi connectivity index (χ3v) is 3.16. The lowest BCUT2D eigenvalue weighted by Crippen LogP contribution is -2.45. The van der Waals surface area contributed by atoms with Crippen molar-refractivity contribution in [1.29, 1.82) is 0 Å². The Hall–Kier alpha value is -0.930. The maximum absolute atomic E-state index is 10.3. The molecule has 0 aromatic heterocycles. The number of carbonyl (C=O) groups is 3. The molecule has 7 nitrogen and oxygen atoms in total. The van der Waals surface area contributed by atoms with Crippen LogP contribution in [0.5, 0.6) is 0 Å². The van der Waals surface area contributed by atoms with Crippen LogP contribution in [0.25, 0.3) is 0 Å². The van der Waals surface area contributed by atoms with Crippen LogP contribution in [0.15, 0.2) is 0 Å². The van der Waals surface area contributed by atoms with Crippen molar-refractivity contribution in [3.8, 4) is 0 Å². The molecule has 0 aliphatic carbocycles. The summed E-state index contributed by atoms with van der Waals surface area (Å²) in [5.41, 5.74) is 5.22. The molecule has 5 N–H and O–H groups in total. The maximum atomic E-state index is 10.3. The van der Waals surface area contributed by atoms with Crippen LogP contribution in [0.2, 0.25) is 0 Å². The highest BCUT2D eigenvalue weighted by atomic mass is 32.2. The molecule has 18 heavy (non-hydrogen) atoms. The van der Waals surface area contributed by atoms with Crippen molar-refractivity contribution in [3.05, 3.63) is 0 Å². The minimum Gasteiger partial charge on any atom is -0.480 e. The standard InChI is InChI=1S/C5H11NO2S.C4H5NO3S/c1-5(2,9)3(6)4(7)8;6-3(7)2-1-9-4(8)5-2/h3,9H,6H2,1-2H3,(H,7,8);2H,1H2,(H,5,8)(H,6,7)/t3-;/m0./s1. The quantitative estimate of drug-likeness (QED) is 0.463. The number of amides is 1. The molecule has 1 unspecified atom stereocenters. The molecule has 1 rings (SSSR count). The fraction of sp³-hybridized carbons (Fsp3) is 0.667. The van der Waals surface area contributed by atoms with Gasteiger partial charge in [-0.1, -0.05) is 11.8 Å². The van der Waals surface area contributed by atoms with Gasteiger partial charge in [-0.15, -0.1) is 0 Å². The summed E-state index contributed by atoms with van der Waals surface area (Å²) >= 11 is 4.99. The number of nitrogens with two attached hydrogens (primary N) is 1. The molecule has 104 valence electrons. The van der Waals surface area contributed by atoms with Crippen molar-refractivity contribution >= 4 is 41.6 Å². The summed E-state index contributed by atoms with van der Waals surface area (Å²) in [6, 6.07) is -1.58. The van der Waals surface area contributed by atoms with E-state index in [1.165, 1.54) is 0 Å². The van der Waals surface area contributed by atoms with Crippen molar-refractivity contribution < 1.29 is 24.6 Å². The predicted octanol–water partition coefficient (Wildman–Crippen LogP) is 0.00270. The van der Waals surface area contributed by atoms with Crippen LogP contribution in [0.4, 0.5) is 4.79 Å². The van der Waals surface area contributed by atoms with Gasteiger partial charge in [0.25, 0.3) is 5.24 Å². The van der Waals surface area contributed by atoms with E-state index in [4.69, 9.17) is 15.9 Å². The molecule has 1 saturated heterocycles. The van der Waals surface area contributed by atoms with Gasteiger partial charge in [0.2, 0.25) is 0 Å². The van der Waals surface area contributed by atoms with Crippen LogP contribution >= 0.6 is 24.4 Å². The van der Waals surface area contributed by atoms with Gasteiger partial charge in [-0.25, -0.2) is 4.79 Å². The molecule has 1 fully saturated rings. The third kappa shape index (κ3) is 6.12. The number of aliphatic carboxylic acids is 2. The molecule has 1 amide bonds. The zero-order valence-corrected chi connectivity index (χ0v) is 11.6. The number of hydrogen-bond acceptors (Lipinski definition) is 6. The smallest absolute Gasteiger partial charge is 0.327 e. The zero-order valence-electron chi connectivity index (χ0n) is 9.91. The molecule has 0 saturated carbocycles. The lowest BCUT2D eigenvalue weighted by molar-refractivity contribution is -0.139. The molecular formula is C9H16N2O5S2. The first kappa shape index (κ1) is 17.1. The Labute approximate surface area is 114 Å². The summed E-state index contributed by atoms with van der Waals surface area (Å²) in [7, 11) is 0. The van der Waals surface area contributed by atoms with Gasteiger partial charge in [0.15, 0.2) is 0 Å². The van der Waals surface area contributed by atoms with Crippen molar-refractivity contribution in [1.82, 2.24) is 5.32 Å². The number of carboxylic acid groups (broad SMARTS) is 2. The first-order valence-electron chi connectivity index (χ1n) is 4.92. The number of thiol groups is 1. The molecule has 2 atom stereocenters. The van der Waals surface area contributed by atoms with Gasteiger partial charge in [-0.05, 0) is 13.8 Å². The predicted molar refractivity (Wildman–Crippen MR) is 71.1 cm³/mol. The summed E-state index contributed by atoms with van der Waals surface area (Å²) in [6.07, 6.45) is 0. The molecule has 0 bridgehead atoms. The van der Waals surface area contributed by atoms with Gasteiger partial charge in [0.05, 0.1) is 0 Å². The highest BCUT2D eigenvalue weighted by Gasteiger charge is 2.28.